The highest BCUT2D eigenvalue weighted by atomic mass is 32.1. The summed E-state index contributed by atoms with van der Waals surface area (Å²) in [7, 11) is 0. The van der Waals surface area contributed by atoms with Gasteiger partial charge in [0.2, 0.25) is 0 Å². The van der Waals surface area contributed by atoms with Crippen LogP contribution in [-0.2, 0) is 13.0 Å². The summed E-state index contributed by atoms with van der Waals surface area (Å²) in [5, 5.41) is 12.9. The fraction of sp³-hybridized carbons (Fsp3) is 0.467. The van der Waals surface area contributed by atoms with Crippen molar-refractivity contribution in [3.8, 4) is 10.6 Å². The smallest absolute Gasteiger partial charge is 0.394 e. The van der Waals surface area contributed by atoms with Gasteiger partial charge in [-0.25, -0.2) is 9.07 Å². The van der Waals surface area contributed by atoms with E-state index in [0.717, 1.165) is 30.2 Å². The molecule has 1 unspecified atom stereocenters. The molecule has 0 radical (unpaired) electrons. The normalized spacial score (nSPS) is 18.1. The van der Waals surface area contributed by atoms with Gasteiger partial charge in [0.25, 0.3) is 5.91 Å². The zero-order valence-electron chi connectivity index (χ0n) is 13.0. The quantitative estimate of drug-likeness (QED) is 0.833. The minimum Gasteiger partial charge on any atom is -0.394 e. The molecule has 3 heterocycles. The molecule has 1 aliphatic rings. The maximum absolute atomic E-state index is 12.9. The van der Waals surface area contributed by atoms with Crippen molar-refractivity contribution < 1.29 is 27.5 Å². The lowest BCUT2D eigenvalue weighted by molar-refractivity contribution is -0.145. The molecule has 0 saturated carbocycles. The van der Waals surface area contributed by atoms with Gasteiger partial charge in [-0.15, -0.1) is 11.3 Å². The lowest BCUT2D eigenvalue weighted by atomic mass is 10.2. The van der Waals surface area contributed by atoms with Crippen LogP contribution in [0.1, 0.15) is 28.2 Å². The van der Waals surface area contributed by atoms with Crippen LogP contribution in [0.4, 0.5) is 17.6 Å². The Hall–Kier alpha value is -1.94. The molecule has 0 bridgehead atoms. The van der Waals surface area contributed by atoms with Crippen LogP contribution in [0.15, 0.2) is 18.2 Å². The molecule has 5 nitrogen and oxygen atoms in total. The minimum atomic E-state index is -4.71. The van der Waals surface area contributed by atoms with Crippen molar-refractivity contribution in [2.24, 2.45) is 0 Å². The number of hydrogen-bond acceptors (Lipinski definition) is 4. The molecule has 1 N–H and O–H groups in total. The number of likely N-dealkylation sites (tertiary alicyclic amines) is 1. The van der Waals surface area contributed by atoms with Gasteiger partial charge in [0.05, 0.1) is 22.4 Å². The molecule has 136 valence electrons. The Kier molecular flexibility index (Phi) is 4.83. The second-order valence-electron chi connectivity index (χ2n) is 5.67. The Bertz CT molecular complexity index is 771. The number of amides is 1. The van der Waals surface area contributed by atoms with E-state index in [-0.39, 0.29) is 28.9 Å². The van der Waals surface area contributed by atoms with Crippen molar-refractivity contribution in [3.05, 3.63) is 28.8 Å². The molecule has 2 aromatic rings. The summed E-state index contributed by atoms with van der Waals surface area (Å²) < 4.78 is 51.7. The van der Waals surface area contributed by atoms with Gasteiger partial charge in [-0.1, -0.05) is 0 Å². The number of aliphatic hydroxyl groups is 1. The summed E-state index contributed by atoms with van der Waals surface area (Å²) in [6.07, 6.45) is -3.20. The number of rotatable bonds is 4. The lowest BCUT2D eigenvalue weighted by Gasteiger charge is -2.22. The number of aliphatic hydroxyl groups excluding tert-OH is 1. The maximum atomic E-state index is 12.9. The van der Waals surface area contributed by atoms with Gasteiger partial charge in [0.1, 0.15) is 11.4 Å². The molecule has 3 rings (SSSR count). The summed E-state index contributed by atoms with van der Waals surface area (Å²) in [4.78, 5) is 14.8. The van der Waals surface area contributed by atoms with E-state index in [2.05, 4.69) is 5.10 Å². The van der Waals surface area contributed by atoms with Crippen LogP contribution >= 0.6 is 11.3 Å². The summed E-state index contributed by atoms with van der Waals surface area (Å²) in [5.41, 5.74) is -1.21. The number of halogens is 4. The first kappa shape index (κ1) is 17.9. The van der Waals surface area contributed by atoms with Gasteiger partial charge >= 0.3 is 6.18 Å². The third kappa shape index (κ3) is 3.40. The number of thiophene rings is 1. The van der Waals surface area contributed by atoms with Crippen molar-refractivity contribution in [2.75, 3.05) is 13.2 Å². The SMILES string of the molecule is O=C(c1ccc(-c2cc(C(F)(F)F)n(CF)n2)s1)N1CCCC1CO. The van der Waals surface area contributed by atoms with E-state index in [1.807, 2.05) is 0 Å². The van der Waals surface area contributed by atoms with Crippen LogP contribution < -0.4 is 0 Å². The molecule has 0 aliphatic carbocycles. The molecule has 1 fully saturated rings. The molecule has 1 saturated heterocycles. The van der Waals surface area contributed by atoms with Crippen molar-refractivity contribution in [3.63, 3.8) is 0 Å². The second kappa shape index (κ2) is 6.75. The van der Waals surface area contributed by atoms with Crippen LogP contribution in [0.3, 0.4) is 0 Å². The van der Waals surface area contributed by atoms with E-state index in [0.29, 0.717) is 16.3 Å². The Morgan fingerprint density at radius 1 is 1.40 bits per heavy atom. The molecule has 10 heteroatoms. The standard InChI is InChI=1S/C15H15F4N3O2S/c16-8-22-13(15(17,18)19)6-10(20-22)11-3-4-12(25-11)14(24)21-5-1-2-9(21)7-23/h3-4,6,9,23H,1-2,5,7-8H2. The van der Waals surface area contributed by atoms with Gasteiger partial charge in [0, 0.05) is 6.54 Å². The largest absolute Gasteiger partial charge is 0.433 e. The molecule has 0 aromatic carbocycles. The molecule has 1 aliphatic heterocycles. The molecular formula is C15H15F4N3O2S. The fourth-order valence-electron chi connectivity index (χ4n) is 2.88. The zero-order valence-corrected chi connectivity index (χ0v) is 13.8. The number of aromatic nitrogens is 2. The Labute approximate surface area is 144 Å². The van der Waals surface area contributed by atoms with Crippen molar-refractivity contribution in [1.82, 2.24) is 14.7 Å². The summed E-state index contributed by atoms with van der Waals surface area (Å²) >= 11 is 0.998. The maximum Gasteiger partial charge on any atom is 0.433 e. The highest BCUT2D eigenvalue weighted by molar-refractivity contribution is 7.17. The van der Waals surface area contributed by atoms with E-state index in [1.54, 1.807) is 4.90 Å². The molecule has 1 amide bonds. The molecule has 1 atom stereocenters. The second-order valence-corrected chi connectivity index (χ2v) is 6.76. The van der Waals surface area contributed by atoms with Crippen LogP contribution in [-0.4, -0.2) is 44.9 Å². The molecular weight excluding hydrogens is 362 g/mol. The Morgan fingerprint density at radius 2 is 2.16 bits per heavy atom. The lowest BCUT2D eigenvalue weighted by Crippen LogP contribution is -2.37. The van der Waals surface area contributed by atoms with Crippen LogP contribution in [0.25, 0.3) is 10.6 Å². The summed E-state index contributed by atoms with van der Waals surface area (Å²) in [6, 6.07) is 3.54. The average Bonchev–Trinajstić information content (AvgIpc) is 3.29. The number of carbonyl (C=O) groups is 1. The molecule has 25 heavy (non-hydrogen) atoms. The number of hydrogen-bond donors (Lipinski definition) is 1. The third-order valence-corrected chi connectivity index (χ3v) is 5.20. The minimum absolute atomic E-state index is 0.0332. The van der Waals surface area contributed by atoms with Crippen molar-refractivity contribution in [1.29, 1.82) is 0 Å². The van der Waals surface area contributed by atoms with Crippen molar-refractivity contribution in [2.45, 2.75) is 31.9 Å². The first-order chi connectivity index (χ1) is 11.8. The van der Waals surface area contributed by atoms with Gasteiger partial charge in [-0.2, -0.15) is 18.3 Å². The number of nitrogens with zero attached hydrogens (tertiary/aromatic N) is 3. The van der Waals surface area contributed by atoms with E-state index in [9.17, 15) is 27.5 Å². The van der Waals surface area contributed by atoms with Crippen LogP contribution in [0, 0.1) is 0 Å². The highest BCUT2D eigenvalue weighted by Crippen LogP contribution is 2.35. The van der Waals surface area contributed by atoms with E-state index in [4.69, 9.17) is 0 Å². The first-order valence-electron chi connectivity index (χ1n) is 7.58. The van der Waals surface area contributed by atoms with Gasteiger partial charge in [-0.05, 0) is 31.0 Å². The van der Waals surface area contributed by atoms with Crippen LogP contribution in [0.2, 0.25) is 0 Å². The topological polar surface area (TPSA) is 58.4 Å². The monoisotopic (exact) mass is 377 g/mol. The molecule has 2 aromatic heterocycles. The van der Waals surface area contributed by atoms with Crippen molar-refractivity contribution >= 4 is 17.2 Å². The predicted molar refractivity (Wildman–Crippen MR) is 82.8 cm³/mol. The van der Waals surface area contributed by atoms with Gasteiger partial charge < -0.3 is 10.0 Å². The first-order valence-corrected chi connectivity index (χ1v) is 8.40. The highest BCUT2D eigenvalue weighted by Gasteiger charge is 2.36. The Balaban J connectivity index is 1.87. The zero-order chi connectivity index (χ0) is 18.2. The third-order valence-electron chi connectivity index (χ3n) is 4.10. The fourth-order valence-corrected chi connectivity index (χ4v) is 3.80. The summed E-state index contributed by atoms with van der Waals surface area (Å²) in [6.45, 7) is -0.982. The van der Waals surface area contributed by atoms with Crippen LogP contribution in [0.5, 0.6) is 0 Å². The summed E-state index contributed by atoms with van der Waals surface area (Å²) in [5.74, 6) is -0.270. The molecule has 0 spiro atoms. The average molecular weight is 377 g/mol. The number of alkyl halides is 4. The van der Waals surface area contributed by atoms with E-state index >= 15 is 0 Å². The van der Waals surface area contributed by atoms with Gasteiger partial charge in [0.15, 0.2) is 6.80 Å². The van der Waals surface area contributed by atoms with E-state index < -0.39 is 18.7 Å². The Morgan fingerprint density at radius 3 is 2.76 bits per heavy atom. The predicted octanol–water partition coefficient (Wildman–Crippen LogP) is 3.15. The number of carbonyl (C=O) groups excluding carboxylic acids is 1. The van der Waals surface area contributed by atoms with Gasteiger partial charge in [-0.3, -0.25) is 4.79 Å². The van der Waals surface area contributed by atoms with E-state index in [1.165, 1.54) is 12.1 Å².